The third kappa shape index (κ3) is 7.65. The number of fused-ring (bicyclic) bond motifs is 2. The van der Waals surface area contributed by atoms with Crippen LogP contribution in [0.1, 0.15) is 29.9 Å². The fraction of sp³-hybridized carbons (Fsp3) is 0.161. The van der Waals surface area contributed by atoms with Gasteiger partial charge in [-0.05, 0) is 55.2 Å². The number of aryl methyl sites for hydroxylation is 3. The highest BCUT2D eigenvalue weighted by atomic mass is 19.1. The number of anilines is 2. The van der Waals surface area contributed by atoms with E-state index in [2.05, 4.69) is 54.0 Å². The monoisotopic (exact) mass is 576 g/mol. The Labute approximate surface area is 245 Å². The van der Waals surface area contributed by atoms with Crippen molar-refractivity contribution in [2.24, 2.45) is 0 Å². The molecule has 0 aliphatic rings. The number of benzene rings is 2. The Balaban J connectivity index is 0.000000171. The Morgan fingerprint density at radius 2 is 1.40 bits per heavy atom. The van der Waals surface area contributed by atoms with Gasteiger partial charge in [-0.15, -0.1) is 0 Å². The molecular weight excluding hydrogens is 550 g/mol. The van der Waals surface area contributed by atoms with Crippen molar-refractivity contribution in [3.8, 4) is 23.7 Å². The molecule has 0 spiro atoms. The topological polar surface area (TPSA) is 139 Å². The molecule has 4 aromatic heterocycles. The molecule has 4 N–H and O–H groups in total. The first-order chi connectivity index (χ1) is 20.8. The van der Waals surface area contributed by atoms with Gasteiger partial charge in [-0.3, -0.25) is 0 Å². The lowest BCUT2D eigenvalue weighted by atomic mass is 10.2. The van der Waals surface area contributed by atoms with Crippen LogP contribution < -0.4 is 11.5 Å². The summed E-state index contributed by atoms with van der Waals surface area (Å²) in [6.45, 7) is 2.93. The molecule has 214 valence electrons. The van der Waals surface area contributed by atoms with E-state index in [1.807, 2.05) is 43.3 Å². The second kappa shape index (κ2) is 13.2. The lowest BCUT2D eigenvalue weighted by Gasteiger charge is -1.98. The number of nitrogens with zero attached hydrogens (tertiary/aromatic N) is 8. The highest BCUT2D eigenvalue weighted by Gasteiger charge is 2.09. The third-order valence-corrected chi connectivity index (χ3v) is 5.91. The van der Waals surface area contributed by atoms with Gasteiger partial charge in [0.05, 0.1) is 18.8 Å². The van der Waals surface area contributed by atoms with Crippen LogP contribution in [0.3, 0.4) is 0 Å². The first-order valence-electron chi connectivity index (χ1n) is 13.3. The van der Waals surface area contributed by atoms with Crippen molar-refractivity contribution >= 4 is 33.6 Å². The molecular formula is C31H26F2N10. The predicted molar refractivity (Wildman–Crippen MR) is 160 cm³/mol. The van der Waals surface area contributed by atoms with Crippen molar-refractivity contribution in [3.63, 3.8) is 0 Å². The van der Waals surface area contributed by atoms with Gasteiger partial charge >= 0.3 is 0 Å². The second-order valence-electron chi connectivity index (χ2n) is 9.28. The molecule has 0 unspecified atom stereocenters. The van der Waals surface area contributed by atoms with Crippen LogP contribution in [-0.2, 0) is 13.1 Å². The number of aromatic nitrogens is 8. The van der Waals surface area contributed by atoms with Crippen molar-refractivity contribution in [1.29, 1.82) is 0 Å². The highest BCUT2D eigenvalue weighted by Crippen LogP contribution is 2.15. The minimum absolute atomic E-state index is 0.0480. The molecule has 0 atom stereocenters. The largest absolute Gasteiger partial charge is 0.396 e. The number of nitrogens with two attached hydrogens (primary N) is 2. The van der Waals surface area contributed by atoms with Crippen LogP contribution >= 0.6 is 0 Å². The van der Waals surface area contributed by atoms with Crippen LogP contribution in [0.2, 0.25) is 0 Å². The highest BCUT2D eigenvalue weighted by molar-refractivity contribution is 5.74. The van der Waals surface area contributed by atoms with Crippen LogP contribution in [0.5, 0.6) is 0 Å². The van der Waals surface area contributed by atoms with Crippen molar-refractivity contribution in [1.82, 2.24) is 40.0 Å². The van der Waals surface area contributed by atoms with E-state index in [1.165, 1.54) is 4.80 Å². The molecule has 6 rings (SSSR count). The van der Waals surface area contributed by atoms with Gasteiger partial charge in [-0.1, -0.05) is 30.0 Å². The summed E-state index contributed by atoms with van der Waals surface area (Å²) in [7, 11) is 0. The molecule has 0 bridgehead atoms. The van der Waals surface area contributed by atoms with Crippen molar-refractivity contribution in [2.45, 2.75) is 32.9 Å². The summed E-state index contributed by atoms with van der Waals surface area (Å²) in [5.74, 6) is 10.9. The van der Waals surface area contributed by atoms with E-state index < -0.39 is 11.6 Å². The smallest absolute Gasteiger partial charge is 0.155 e. The van der Waals surface area contributed by atoms with E-state index >= 15 is 0 Å². The molecule has 0 aliphatic carbocycles. The van der Waals surface area contributed by atoms with Gasteiger partial charge in [-0.25, -0.2) is 18.7 Å². The van der Waals surface area contributed by atoms with Gasteiger partial charge in [0.1, 0.15) is 45.1 Å². The standard InChI is InChI=1S/C16H15N5.C15H11F2N5/c1-12-9-10-13(17)14(18-12)6-4-5-11-21-19-15-7-2-3-8-16(15)20-21;16-10-8-12(17)15-13(9-10)20-22(21-15)7-2-1-4-11-5-3-6-14(18)19-11/h2-3,7-10H,5,11,17H2,1H3;3,5-6,8-9H,2,7H2,(H2,18,19). The molecule has 0 fully saturated rings. The molecule has 4 heterocycles. The Morgan fingerprint density at radius 3 is 2.12 bits per heavy atom. The molecule has 0 saturated heterocycles. The SMILES string of the molecule is Cc1ccc(N)c(C#CCCn2nc3ccccc3n2)n1.Nc1cccc(C#CCCn2nc3cc(F)cc(F)c3n2)n1. The van der Waals surface area contributed by atoms with Crippen LogP contribution in [0, 0.1) is 42.2 Å². The number of hydrogen-bond donors (Lipinski definition) is 2. The maximum Gasteiger partial charge on any atom is 0.155 e. The van der Waals surface area contributed by atoms with E-state index in [1.54, 1.807) is 23.0 Å². The van der Waals surface area contributed by atoms with Gasteiger partial charge in [0.25, 0.3) is 0 Å². The number of pyridine rings is 2. The zero-order valence-corrected chi connectivity index (χ0v) is 23.2. The molecule has 43 heavy (non-hydrogen) atoms. The summed E-state index contributed by atoms with van der Waals surface area (Å²) >= 11 is 0. The van der Waals surface area contributed by atoms with E-state index in [9.17, 15) is 8.78 Å². The molecule has 0 amide bonds. The van der Waals surface area contributed by atoms with E-state index in [0.717, 1.165) is 28.9 Å². The van der Waals surface area contributed by atoms with Gasteiger partial charge in [0, 0.05) is 30.7 Å². The summed E-state index contributed by atoms with van der Waals surface area (Å²) in [5, 5.41) is 16.8. The quantitative estimate of drug-likeness (QED) is 0.297. The van der Waals surface area contributed by atoms with Crippen LogP contribution in [-0.4, -0.2) is 40.0 Å². The van der Waals surface area contributed by atoms with Crippen LogP contribution in [0.25, 0.3) is 22.1 Å². The summed E-state index contributed by atoms with van der Waals surface area (Å²) in [4.78, 5) is 11.3. The summed E-state index contributed by atoms with van der Waals surface area (Å²) in [6.07, 6.45) is 1.09. The number of nitrogen functional groups attached to an aromatic ring is 2. The van der Waals surface area contributed by atoms with Crippen LogP contribution in [0.4, 0.5) is 20.3 Å². The average Bonchev–Trinajstić information content (AvgIpc) is 3.59. The Hall–Kier alpha value is -5.88. The fourth-order valence-corrected chi connectivity index (χ4v) is 3.89. The van der Waals surface area contributed by atoms with E-state index in [-0.39, 0.29) is 11.0 Å². The van der Waals surface area contributed by atoms with Gasteiger partial charge < -0.3 is 11.5 Å². The zero-order valence-electron chi connectivity index (χ0n) is 23.2. The summed E-state index contributed by atoms with van der Waals surface area (Å²) in [5.41, 5.74) is 16.1. The summed E-state index contributed by atoms with van der Waals surface area (Å²) < 4.78 is 26.6. The maximum absolute atomic E-state index is 13.5. The lowest BCUT2D eigenvalue weighted by molar-refractivity contribution is 0.551. The fourth-order valence-electron chi connectivity index (χ4n) is 3.89. The molecule has 6 aromatic rings. The molecule has 0 radical (unpaired) electrons. The Morgan fingerprint density at radius 1 is 0.721 bits per heavy atom. The number of hydrogen-bond acceptors (Lipinski definition) is 8. The first kappa shape index (κ1) is 28.6. The third-order valence-electron chi connectivity index (χ3n) is 5.91. The van der Waals surface area contributed by atoms with Gasteiger partial charge in [0.2, 0.25) is 0 Å². The Kier molecular flexibility index (Phi) is 8.78. The van der Waals surface area contributed by atoms with Crippen molar-refractivity contribution in [3.05, 3.63) is 95.4 Å². The van der Waals surface area contributed by atoms with E-state index in [4.69, 9.17) is 11.5 Å². The lowest BCUT2D eigenvalue weighted by Crippen LogP contribution is -2.01. The van der Waals surface area contributed by atoms with E-state index in [0.29, 0.717) is 48.8 Å². The molecule has 0 aliphatic heterocycles. The molecule has 12 heteroatoms. The van der Waals surface area contributed by atoms with Crippen molar-refractivity contribution < 1.29 is 8.78 Å². The molecule has 10 nitrogen and oxygen atoms in total. The van der Waals surface area contributed by atoms with Gasteiger partial charge in [0.15, 0.2) is 5.82 Å². The first-order valence-corrected chi connectivity index (χ1v) is 13.3. The van der Waals surface area contributed by atoms with Gasteiger partial charge in [-0.2, -0.15) is 30.0 Å². The van der Waals surface area contributed by atoms with Crippen LogP contribution in [0.15, 0.2) is 66.7 Å². The molecule has 0 saturated carbocycles. The average molecular weight is 577 g/mol. The summed E-state index contributed by atoms with van der Waals surface area (Å²) in [6, 6.07) is 18.6. The number of rotatable bonds is 4. The minimum atomic E-state index is -0.726. The second-order valence-corrected chi connectivity index (χ2v) is 9.28. The zero-order chi connectivity index (χ0) is 30.2. The minimum Gasteiger partial charge on any atom is -0.396 e. The molecule has 2 aromatic carbocycles. The number of halogens is 2. The van der Waals surface area contributed by atoms with Crippen molar-refractivity contribution in [2.75, 3.05) is 11.5 Å². The predicted octanol–water partition coefficient (Wildman–Crippen LogP) is 4.29. The Bertz CT molecular complexity index is 1990. The normalized spacial score (nSPS) is 10.4. The maximum atomic E-state index is 13.5.